The van der Waals surface area contributed by atoms with Gasteiger partial charge >= 0.3 is 13.7 Å². The molecule has 8 atom stereocenters. The Bertz CT molecular complexity index is 1490. The summed E-state index contributed by atoms with van der Waals surface area (Å²) in [5, 5.41) is 14.2. The zero-order valence-electron chi connectivity index (χ0n) is 22.7. The molecular formula is C25H33FN7O6P. The van der Waals surface area contributed by atoms with Gasteiger partial charge in [0, 0.05) is 5.92 Å². The zero-order valence-corrected chi connectivity index (χ0v) is 23.6. The highest BCUT2D eigenvalue weighted by atomic mass is 31.2. The Kier molecular flexibility index (Phi) is 6.81. The van der Waals surface area contributed by atoms with Gasteiger partial charge in [0.1, 0.15) is 29.0 Å². The van der Waals surface area contributed by atoms with Crippen LogP contribution < -0.4 is 21.1 Å². The molecule has 2 aliphatic rings. The molecule has 5 rings (SSSR count). The summed E-state index contributed by atoms with van der Waals surface area (Å²) in [6, 6.07) is 6.14. The number of carbonyl (C=O) groups excluding carboxylic acids is 1. The van der Waals surface area contributed by atoms with Crippen LogP contribution in [0.4, 0.5) is 16.2 Å². The lowest BCUT2D eigenvalue weighted by molar-refractivity contribution is -0.149. The van der Waals surface area contributed by atoms with Crippen molar-refractivity contribution in [1.82, 2.24) is 24.6 Å². The number of hydrogen-bond donors (Lipinski definition) is 4. The molecule has 0 amide bonds. The van der Waals surface area contributed by atoms with Crippen molar-refractivity contribution in [2.24, 2.45) is 11.8 Å². The standard InChI is InChI=1S/C25H33FN7O6P/c1-12(2)37-22(34)14(4)32-40(36,38-15-9-7-6-8-10-15)39-19-16-13(3)18(24(5,26)25(16,19)35)33-11-29-17-20(27)30-23(28)31-21(17)33/h6-14,16,18-19,35H,1-5H3,(H,32,36)(H4,27,28,30,31)/t13-,14-,16+,18+,19?,24-,25-,40+/m0/s1. The van der Waals surface area contributed by atoms with Gasteiger partial charge in [-0.2, -0.15) is 15.1 Å². The fourth-order valence-electron chi connectivity index (χ4n) is 5.87. The lowest BCUT2D eigenvalue weighted by Crippen LogP contribution is -2.46. The summed E-state index contributed by atoms with van der Waals surface area (Å²) < 4.78 is 49.0. The molecule has 1 unspecified atom stereocenters. The monoisotopic (exact) mass is 577 g/mol. The van der Waals surface area contributed by atoms with Crippen LogP contribution in [0.3, 0.4) is 0 Å². The number of para-hydroxylation sites is 1. The van der Waals surface area contributed by atoms with Crippen LogP contribution in [-0.2, 0) is 18.6 Å². The SMILES string of the molecule is CC(C)OC(=O)[C@H](C)N[P@@](=O)(Oc1ccccc1)OC1[C@H]2[C@H](C)[C@@H](n3cnc4c(N)nc(N)nc43)[C@](C)(F)[C@@]12O. The van der Waals surface area contributed by atoms with E-state index in [1.807, 2.05) is 0 Å². The number of nitrogen functional groups attached to an aromatic ring is 2. The van der Waals surface area contributed by atoms with Gasteiger partial charge < -0.3 is 30.4 Å². The third kappa shape index (κ3) is 4.48. The van der Waals surface area contributed by atoms with Gasteiger partial charge in [0.15, 0.2) is 17.1 Å². The number of imidazole rings is 1. The predicted molar refractivity (Wildman–Crippen MR) is 144 cm³/mol. The van der Waals surface area contributed by atoms with E-state index < -0.39 is 61.1 Å². The number of hydrogen-bond acceptors (Lipinski definition) is 11. The van der Waals surface area contributed by atoms with Crippen molar-refractivity contribution in [3.05, 3.63) is 36.7 Å². The summed E-state index contributed by atoms with van der Waals surface area (Å²) in [4.78, 5) is 24.8. The van der Waals surface area contributed by atoms with Crippen LogP contribution in [0.25, 0.3) is 11.2 Å². The molecule has 13 nitrogen and oxygen atoms in total. The number of fused-ring (bicyclic) bond motifs is 2. The minimum absolute atomic E-state index is 0.0488. The number of aliphatic hydroxyl groups is 1. The summed E-state index contributed by atoms with van der Waals surface area (Å²) in [5.74, 6) is -1.87. The minimum atomic E-state index is -4.35. The van der Waals surface area contributed by atoms with E-state index in [9.17, 15) is 14.5 Å². The van der Waals surface area contributed by atoms with Crippen molar-refractivity contribution in [3.8, 4) is 5.75 Å². The number of halogens is 1. The lowest BCUT2D eigenvalue weighted by atomic mass is 9.89. The van der Waals surface area contributed by atoms with Gasteiger partial charge in [-0.1, -0.05) is 25.1 Å². The van der Waals surface area contributed by atoms with Crippen molar-refractivity contribution in [1.29, 1.82) is 0 Å². The van der Waals surface area contributed by atoms with Crippen LogP contribution >= 0.6 is 7.75 Å². The Labute approximate surface area is 230 Å². The van der Waals surface area contributed by atoms with Gasteiger partial charge in [-0.15, -0.1) is 0 Å². The second-order valence-corrected chi connectivity index (χ2v) is 12.4. The van der Waals surface area contributed by atoms with Crippen molar-refractivity contribution >= 4 is 36.6 Å². The summed E-state index contributed by atoms with van der Waals surface area (Å²) in [6.45, 7) is 7.79. The Morgan fingerprint density at radius 2 is 1.90 bits per heavy atom. The number of esters is 1. The maximum atomic E-state index is 16.7. The smallest absolute Gasteiger partial charge is 0.459 e. The molecule has 2 heterocycles. The minimum Gasteiger partial charge on any atom is -0.462 e. The number of carbonyl (C=O) groups is 1. The van der Waals surface area contributed by atoms with E-state index in [1.165, 1.54) is 24.7 Å². The van der Waals surface area contributed by atoms with Crippen LogP contribution in [0.15, 0.2) is 36.7 Å². The molecule has 0 radical (unpaired) electrons. The van der Waals surface area contributed by atoms with Gasteiger partial charge in [0.05, 0.1) is 18.5 Å². The van der Waals surface area contributed by atoms with E-state index >= 15 is 4.39 Å². The number of ether oxygens (including phenoxy) is 1. The van der Waals surface area contributed by atoms with Crippen LogP contribution in [0.5, 0.6) is 5.75 Å². The first kappa shape index (κ1) is 28.2. The fourth-order valence-corrected chi connectivity index (χ4v) is 7.59. The molecule has 0 aliphatic heterocycles. The molecular weight excluding hydrogens is 544 g/mol. The predicted octanol–water partition coefficient (Wildman–Crippen LogP) is 2.77. The van der Waals surface area contributed by atoms with Crippen molar-refractivity contribution in [3.63, 3.8) is 0 Å². The van der Waals surface area contributed by atoms with Crippen LogP contribution in [0, 0.1) is 11.8 Å². The molecule has 0 saturated heterocycles. The molecule has 3 aromatic rings. The molecule has 40 heavy (non-hydrogen) atoms. The summed E-state index contributed by atoms with van der Waals surface area (Å²) in [6.07, 6.45) is -0.245. The topological polar surface area (TPSA) is 190 Å². The largest absolute Gasteiger partial charge is 0.462 e. The van der Waals surface area contributed by atoms with Crippen LogP contribution in [0.1, 0.15) is 40.7 Å². The molecule has 2 aliphatic carbocycles. The van der Waals surface area contributed by atoms with Crippen molar-refractivity contribution in [2.45, 2.75) is 70.2 Å². The fraction of sp³-hybridized carbons (Fsp3) is 0.520. The van der Waals surface area contributed by atoms with Gasteiger partial charge in [0.2, 0.25) is 5.95 Å². The Balaban J connectivity index is 1.44. The Morgan fingerprint density at radius 1 is 1.23 bits per heavy atom. The highest BCUT2D eigenvalue weighted by Crippen LogP contribution is 2.72. The first-order valence-corrected chi connectivity index (χ1v) is 14.4. The van der Waals surface area contributed by atoms with Crippen molar-refractivity contribution in [2.75, 3.05) is 11.5 Å². The van der Waals surface area contributed by atoms with E-state index in [2.05, 4.69) is 20.0 Å². The van der Waals surface area contributed by atoms with Crippen molar-refractivity contribution < 1.29 is 32.6 Å². The highest BCUT2D eigenvalue weighted by molar-refractivity contribution is 7.52. The maximum absolute atomic E-state index is 16.7. The molecule has 6 N–H and O–H groups in total. The average Bonchev–Trinajstić information content (AvgIpc) is 3.15. The van der Waals surface area contributed by atoms with Crippen LogP contribution in [0.2, 0.25) is 0 Å². The number of nitrogens with zero attached hydrogens (tertiary/aromatic N) is 4. The van der Waals surface area contributed by atoms with E-state index in [1.54, 1.807) is 51.1 Å². The molecule has 2 aromatic heterocycles. The number of nitrogens with one attached hydrogen (secondary N) is 1. The molecule has 216 valence electrons. The average molecular weight is 578 g/mol. The number of nitrogens with two attached hydrogens (primary N) is 2. The third-order valence-corrected chi connectivity index (χ3v) is 9.27. The van der Waals surface area contributed by atoms with E-state index in [4.69, 9.17) is 25.3 Å². The summed E-state index contributed by atoms with van der Waals surface area (Å²) >= 11 is 0. The first-order valence-electron chi connectivity index (χ1n) is 12.9. The van der Waals surface area contributed by atoms with Gasteiger partial charge in [-0.25, -0.2) is 13.9 Å². The summed E-state index contributed by atoms with van der Waals surface area (Å²) in [7, 11) is -4.35. The van der Waals surface area contributed by atoms with E-state index in [0.29, 0.717) is 0 Å². The van der Waals surface area contributed by atoms with Gasteiger partial charge in [-0.05, 0) is 45.7 Å². The molecule has 0 bridgehead atoms. The highest BCUT2D eigenvalue weighted by Gasteiger charge is 2.85. The number of alkyl halides is 1. The molecule has 2 fully saturated rings. The second kappa shape index (κ2) is 9.65. The Hall–Kier alpha value is -3.32. The lowest BCUT2D eigenvalue weighted by Gasteiger charge is -2.35. The zero-order chi connectivity index (χ0) is 29.2. The number of benzene rings is 1. The number of rotatable bonds is 9. The van der Waals surface area contributed by atoms with Crippen LogP contribution in [-0.4, -0.2) is 60.1 Å². The normalized spacial score (nSPS) is 31.5. The first-order chi connectivity index (χ1) is 18.7. The molecule has 1 aromatic carbocycles. The summed E-state index contributed by atoms with van der Waals surface area (Å²) in [5.41, 5.74) is 7.82. The second-order valence-electron chi connectivity index (χ2n) is 10.8. The van der Waals surface area contributed by atoms with Gasteiger partial charge in [-0.3, -0.25) is 9.32 Å². The number of anilines is 2. The molecule has 0 spiro atoms. The van der Waals surface area contributed by atoms with Gasteiger partial charge in [0.25, 0.3) is 0 Å². The van der Waals surface area contributed by atoms with E-state index in [0.717, 1.165) is 0 Å². The molecule has 15 heteroatoms. The quantitative estimate of drug-likeness (QED) is 0.215. The Morgan fingerprint density at radius 3 is 2.50 bits per heavy atom. The number of aromatic nitrogens is 4. The van der Waals surface area contributed by atoms with E-state index in [-0.39, 0.29) is 28.7 Å². The maximum Gasteiger partial charge on any atom is 0.459 e. The third-order valence-electron chi connectivity index (χ3n) is 7.61. The molecule has 2 saturated carbocycles.